The van der Waals surface area contributed by atoms with Gasteiger partial charge in [0.05, 0.1) is 38.5 Å². The van der Waals surface area contributed by atoms with E-state index in [1.165, 1.54) is 37.4 Å². The highest BCUT2D eigenvalue weighted by Gasteiger charge is 2.19. The van der Waals surface area contributed by atoms with Gasteiger partial charge in [0.2, 0.25) is 0 Å². The molecular formula is C37H37F2IN2O7. The van der Waals surface area contributed by atoms with Crippen LogP contribution in [0.2, 0.25) is 0 Å². The number of hydrogen-bond acceptors (Lipinski definition) is 6. The number of aromatic carboxylic acids is 1. The molecule has 0 spiro atoms. The van der Waals surface area contributed by atoms with Crippen LogP contribution in [-0.2, 0) is 6.42 Å². The van der Waals surface area contributed by atoms with E-state index in [-0.39, 0.29) is 29.6 Å². The first-order valence-electron chi connectivity index (χ1n) is 15.5. The Bertz CT molecular complexity index is 1910. The number of benzene rings is 4. The number of carboxylic acid groups (broad SMARTS) is 1. The summed E-state index contributed by atoms with van der Waals surface area (Å²) in [6, 6.07) is 18.6. The maximum absolute atomic E-state index is 13.7. The summed E-state index contributed by atoms with van der Waals surface area (Å²) in [4.78, 5) is 27.2. The predicted octanol–water partition coefficient (Wildman–Crippen LogP) is 7.63. The normalized spacial score (nSPS) is 11.3. The molecule has 49 heavy (non-hydrogen) atoms. The van der Waals surface area contributed by atoms with Crippen LogP contribution in [0.4, 0.5) is 8.78 Å². The van der Waals surface area contributed by atoms with Gasteiger partial charge in [0.1, 0.15) is 22.9 Å². The van der Waals surface area contributed by atoms with Gasteiger partial charge in [-0.15, -0.1) is 0 Å². The Morgan fingerprint density at radius 2 is 1.59 bits per heavy atom. The summed E-state index contributed by atoms with van der Waals surface area (Å²) in [5, 5.41) is 22.6. The fourth-order valence-electron chi connectivity index (χ4n) is 5.03. The third kappa shape index (κ3) is 9.70. The summed E-state index contributed by atoms with van der Waals surface area (Å²) in [5.74, 6) is -1.27. The Kier molecular flexibility index (Phi) is 13.4. The van der Waals surface area contributed by atoms with E-state index in [4.69, 9.17) is 14.2 Å². The molecule has 0 aliphatic rings. The van der Waals surface area contributed by atoms with Crippen molar-refractivity contribution in [2.24, 2.45) is 0 Å². The number of carboxylic acids is 1. The lowest BCUT2D eigenvalue weighted by Gasteiger charge is -2.18. The highest BCUT2D eigenvalue weighted by Crippen LogP contribution is 2.30. The lowest BCUT2D eigenvalue weighted by atomic mass is 10.0. The number of hydrogen-bond donors (Lipinski definition) is 4. The number of H-pyrrole nitrogens is 1. The van der Waals surface area contributed by atoms with E-state index >= 15 is 0 Å². The van der Waals surface area contributed by atoms with Gasteiger partial charge >= 0.3 is 5.97 Å². The van der Waals surface area contributed by atoms with Gasteiger partial charge in [-0.2, -0.15) is 0 Å². The second-order valence-electron chi connectivity index (χ2n) is 10.8. The molecule has 9 nitrogen and oxygen atoms in total. The minimum atomic E-state index is -1.09. The third-order valence-electron chi connectivity index (χ3n) is 7.39. The van der Waals surface area contributed by atoms with Gasteiger partial charge in [-0.25, -0.2) is 13.6 Å². The average Bonchev–Trinajstić information content (AvgIpc) is 3.49. The van der Waals surface area contributed by atoms with E-state index < -0.39 is 17.8 Å². The van der Waals surface area contributed by atoms with Gasteiger partial charge < -0.3 is 34.7 Å². The summed E-state index contributed by atoms with van der Waals surface area (Å²) in [5.41, 5.74) is 3.29. The van der Waals surface area contributed by atoms with Gasteiger partial charge in [-0.1, -0.05) is 19.1 Å². The standard InChI is InChI=1S/C21H22FIN2O3.C16H15FO4/c1-2-7-28-20-6-4-15(23)10-18(20)21(27)25-16(12-26)8-13-11-24-19-5-3-14(22)9-17(13)19;1-3-21-14-6-4-10(8-12(14)16(18)19)11-5-7-15(20-2)13(17)9-11/h3-6,9-11,16,24,26H,2,7-8,12H2,1H3,(H,25,27);4-9H,3H2,1-2H3,(H,18,19). The zero-order chi connectivity index (χ0) is 35.5. The SMILES string of the molecule is CCCOc1ccc(I)cc1C(=O)NC(CO)Cc1c[nH]c2ccc(F)cc12.CCOc1ccc(-c2ccc(OC)c(F)c2)cc1C(=O)O. The number of aliphatic hydroxyl groups excluding tert-OH is 1. The number of rotatable bonds is 13. The number of methoxy groups -OCH3 is 1. The van der Waals surface area contributed by atoms with Crippen LogP contribution < -0.4 is 19.5 Å². The van der Waals surface area contributed by atoms with Crippen molar-refractivity contribution in [3.05, 3.63) is 111 Å². The molecular weight excluding hydrogens is 749 g/mol. The van der Waals surface area contributed by atoms with Crippen LogP contribution in [-0.4, -0.2) is 60.0 Å². The quantitative estimate of drug-likeness (QED) is 0.0904. The van der Waals surface area contributed by atoms with E-state index in [0.717, 1.165) is 26.5 Å². The smallest absolute Gasteiger partial charge is 0.339 e. The van der Waals surface area contributed by atoms with Crippen molar-refractivity contribution in [2.45, 2.75) is 32.7 Å². The molecule has 5 rings (SSSR count). The fraction of sp³-hybridized carbons (Fsp3) is 0.243. The second-order valence-corrected chi connectivity index (χ2v) is 12.1. The van der Waals surface area contributed by atoms with E-state index in [1.54, 1.807) is 49.5 Å². The number of fused-ring (bicyclic) bond motifs is 1. The minimum Gasteiger partial charge on any atom is -0.494 e. The number of carbonyl (C=O) groups excluding carboxylic acids is 1. The lowest BCUT2D eigenvalue weighted by molar-refractivity contribution is 0.0692. The maximum atomic E-state index is 13.7. The molecule has 12 heteroatoms. The summed E-state index contributed by atoms with van der Waals surface area (Å²) >= 11 is 2.14. The first kappa shape index (κ1) is 37.1. The largest absolute Gasteiger partial charge is 0.494 e. The highest BCUT2D eigenvalue weighted by atomic mass is 127. The molecule has 0 bridgehead atoms. The molecule has 0 saturated carbocycles. The topological polar surface area (TPSA) is 130 Å². The van der Waals surface area contributed by atoms with Crippen molar-refractivity contribution in [1.29, 1.82) is 0 Å². The maximum Gasteiger partial charge on any atom is 0.339 e. The number of nitrogens with one attached hydrogen (secondary N) is 2. The molecule has 1 aromatic heterocycles. The van der Waals surface area contributed by atoms with E-state index in [0.29, 0.717) is 47.8 Å². The van der Waals surface area contributed by atoms with Crippen molar-refractivity contribution >= 4 is 45.4 Å². The van der Waals surface area contributed by atoms with Crippen molar-refractivity contribution in [2.75, 3.05) is 26.9 Å². The van der Waals surface area contributed by atoms with Gasteiger partial charge in [0.25, 0.3) is 5.91 Å². The first-order chi connectivity index (χ1) is 23.6. The molecule has 0 radical (unpaired) electrons. The third-order valence-corrected chi connectivity index (χ3v) is 8.07. The van der Waals surface area contributed by atoms with Crippen molar-refractivity contribution in [3.63, 3.8) is 0 Å². The Balaban J connectivity index is 0.000000230. The van der Waals surface area contributed by atoms with E-state index in [2.05, 4.69) is 32.9 Å². The predicted molar refractivity (Wildman–Crippen MR) is 192 cm³/mol. The van der Waals surface area contributed by atoms with Crippen molar-refractivity contribution in [3.8, 4) is 28.4 Å². The Morgan fingerprint density at radius 3 is 2.24 bits per heavy atom. The number of aliphatic hydroxyl groups is 1. The molecule has 0 saturated heterocycles. The number of carbonyl (C=O) groups is 2. The summed E-state index contributed by atoms with van der Waals surface area (Å²) in [6.45, 7) is 4.43. The minimum absolute atomic E-state index is 0.0468. The number of halogens is 3. The Labute approximate surface area is 296 Å². The molecule has 258 valence electrons. The molecule has 4 aromatic carbocycles. The number of aromatic nitrogens is 1. The summed E-state index contributed by atoms with van der Waals surface area (Å²) in [6.07, 6.45) is 2.99. The molecule has 1 atom stereocenters. The van der Waals surface area contributed by atoms with Crippen LogP contribution in [0.1, 0.15) is 46.5 Å². The lowest BCUT2D eigenvalue weighted by Crippen LogP contribution is -2.39. The van der Waals surface area contributed by atoms with Gasteiger partial charge in [0.15, 0.2) is 11.6 Å². The molecule has 1 heterocycles. The number of ether oxygens (including phenoxy) is 3. The van der Waals surface area contributed by atoms with Crippen LogP contribution in [0, 0.1) is 15.2 Å². The van der Waals surface area contributed by atoms with Gasteiger partial charge in [-0.05, 0) is 120 Å². The van der Waals surface area contributed by atoms with Crippen LogP contribution in [0.15, 0.2) is 79.0 Å². The van der Waals surface area contributed by atoms with Gasteiger partial charge in [-0.3, -0.25) is 4.79 Å². The average molecular weight is 787 g/mol. The van der Waals surface area contributed by atoms with E-state index in [1.807, 2.05) is 13.0 Å². The monoisotopic (exact) mass is 786 g/mol. The number of amides is 1. The second kappa shape index (κ2) is 17.6. The molecule has 1 unspecified atom stereocenters. The molecule has 0 aliphatic heterocycles. The molecule has 0 fully saturated rings. The van der Waals surface area contributed by atoms with Gasteiger partial charge in [0, 0.05) is 20.7 Å². The van der Waals surface area contributed by atoms with Crippen molar-refractivity contribution in [1.82, 2.24) is 10.3 Å². The molecule has 1 amide bonds. The molecule has 4 N–H and O–H groups in total. The van der Waals surface area contributed by atoms with Crippen LogP contribution >= 0.6 is 22.6 Å². The summed E-state index contributed by atoms with van der Waals surface area (Å²) < 4.78 is 44.0. The molecule has 0 aliphatic carbocycles. The van der Waals surface area contributed by atoms with Crippen molar-refractivity contribution < 1.29 is 42.8 Å². The van der Waals surface area contributed by atoms with E-state index in [9.17, 15) is 28.6 Å². The van der Waals surface area contributed by atoms with Crippen LogP contribution in [0.5, 0.6) is 17.2 Å². The van der Waals surface area contributed by atoms with Crippen LogP contribution in [0.3, 0.4) is 0 Å². The Morgan fingerprint density at radius 1 is 0.898 bits per heavy atom. The zero-order valence-electron chi connectivity index (χ0n) is 27.2. The fourth-order valence-corrected chi connectivity index (χ4v) is 5.52. The summed E-state index contributed by atoms with van der Waals surface area (Å²) in [7, 11) is 1.39. The molecule has 5 aromatic rings. The highest BCUT2D eigenvalue weighted by molar-refractivity contribution is 14.1. The van der Waals surface area contributed by atoms with Crippen LogP contribution in [0.25, 0.3) is 22.0 Å². The first-order valence-corrected chi connectivity index (χ1v) is 16.6. The number of aromatic amines is 1. The Hall–Kier alpha value is -4.69. The zero-order valence-corrected chi connectivity index (χ0v) is 29.3.